The van der Waals surface area contributed by atoms with Crippen LogP contribution < -0.4 is 11.2 Å². The number of pyridine rings is 1. The second kappa shape index (κ2) is 5.14. The van der Waals surface area contributed by atoms with Gasteiger partial charge in [0.1, 0.15) is 0 Å². The van der Waals surface area contributed by atoms with Crippen LogP contribution in [0.3, 0.4) is 0 Å². The minimum atomic E-state index is -0.0755. The quantitative estimate of drug-likeness (QED) is 0.789. The summed E-state index contributed by atoms with van der Waals surface area (Å²) in [4.78, 5) is 12.2. The molecule has 21 heavy (non-hydrogen) atoms. The normalized spacial score (nSPS) is 10.8. The van der Waals surface area contributed by atoms with Crippen LogP contribution >= 0.6 is 11.3 Å². The summed E-state index contributed by atoms with van der Waals surface area (Å²) < 4.78 is 1.99. The van der Waals surface area contributed by atoms with Crippen molar-refractivity contribution in [3.8, 4) is 16.3 Å². The Morgan fingerprint density at radius 2 is 1.95 bits per heavy atom. The number of para-hydroxylation sites is 1. The molecule has 0 saturated heterocycles. The second-order valence-corrected chi connectivity index (χ2v) is 5.80. The van der Waals surface area contributed by atoms with Gasteiger partial charge in [0.05, 0.1) is 5.56 Å². The maximum Gasteiger partial charge on any atom is 0.203 e. The molecular formula is C15H14N4OS. The molecule has 0 atom stereocenters. The van der Waals surface area contributed by atoms with Crippen LogP contribution in [-0.4, -0.2) is 14.8 Å². The summed E-state index contributed by atoms with van der Waals surface area (Å²) in [7, 11) is 0. The molecule has 3 rings (SSSR count). The Bertz CT molecular complexity index is 866. The lowest BCUT2D eigenvalue weighted by Gasteiger charge is -2.14. The SMILES string of the molecule is Cc1ccccc1-n1cc(-c2nnc(N)s2)c(=O)cc1C. The molecule has 0 spiro atoms. The molecule has 3 aromatic rings. The van der Waals surface area contributed by atoms with Crippen molar-refractivity contribution in [3.05, 3.63) is 58.0 Å². The summed E-state index contributed by atoms with van der Waals surface area (Å²) in [5.74, 6) is 0. The number of anilines is 1. The Kier molecular flexibility index (Phi) is 3.31. The van der Waals surface area contributed by atoms with Gasteiger partial charge in [0.15, 0.2) is 10.4 Å². The van der Waals surface area contributed by atoms with Gasteiger partial charge >= 0.3 is 0 Å². The molecule has 0 radical (unpaired) electrons. The molecule has 2 heterocycles. The van der Waals surface area contributed by atoms with Crippen LogP contribution in [0.15, 0.2) is 41.3 Å². The third-order valence-corrected chi connectivity index (χ3v) is 4.08. The Hall–Kier alpha value is -2.47. The molecule has 2 aromatic heterocycles. The number of nitrogen functional groups attached to an aromatic ring is 1. The number of aryl methyl sites for hydroxylation is 2. The summed E-state index contributed by atoms with van der Waals surface area (Å²) >= 11 is 1.21. The highest BCUT2D eigenvalue weighted by atomic mass is 32.1. The molecule has 5 nitrogen and oxygen atoms in total. The molecule has 0 aliphatic rings. The van der Waals surface area contributed by atoms with Gasteiger partial charge in [-0.25, -0.2) is 0 Å². The average Bonchev–Trinajstić information content (AvgIpc) is 2.86. The maximum absolute atomic E-state index is 12.2. The van der Waals surface area contributed by atoms with Crippen molar-refractivity contribution in [1.29, 1.82) is 0 Å². The van der Waals surface area contributed by atoms with E-state index in [-0.39, 0.29) is 5.43 Å². The van der Waals surface area contributed by atoms with E-state index in [1.54, 1.807) is 12.3 Å². The summed E-state index contributed by atoms with van der Waals surface area (Å²) in [6, 6.07) is 9.63. The van der Waals surface area contributed by atoms with Crippen molar-refractivity contribution in [2.75, 3.05) is 5.73 Å². The van der Waals surface area contributed by atoms with E-state index in [0.717, 1.165) is 16.9 Å². The van der Waals surface area contributed by atoms with Crippen LogP contribution in [0.25, 0.3) is 16.3 Å². The average molecular weight is 298 g/mol. The predicted octanol–water partition coefficient (Wildman–Crippen LogP) is 2.56. The van der Waals surface area contributed by atoms with Gasteiger partial charge in [-0.3, -0.25) is 4.79 Å². The Labute approximate surface area is 125 Å². The highest BCUT2D eigenvalue weighted by Gasteiger charge is 2.12. The van der Waals surface area contributed by atoms with E-state index in [2.05, 4.69) is 10.2 Å². The molecular weight excluding hydrogens is 284 g/mol. The van der Waals surface area contributed by atoms with Crippen molar-refractivity contribution in [2.45, 2.75) is 13.8 Å². The van der Waals surface area contributed by atoms with E-state index in [1.165, 1.54) is 11.3 Å². The van der Waals surface area contributed by atoms with Gasteiger partial charge in [-0.2, -0.15) is 0 Å². The van der Waals surface area contributed by atoms with Gasteiger partial charge in [-0.05, 0) is 25.5 Å². The molecule has 1 aromatic carbocycles. The number of hydrogen-bond acceptors (Lipinski definition) is 5. The van der Waals surface area contributed by atoms with E-state index < -0.39 is 0 Å². The Balaban J connectivity index is 2.24. The first kappa shape index (κ1) is 13.5. The van der Waals surface area contributed by atoms with Crippen LogP contribution in [0.2, 0.25) is 0 Å². The third kappa shape index (κ3) is 2.45. The lowest BCUT2D eigenvalue weighted by atomic mass is 10.1. The van der Waals surface area contributed by atoms with Gasteiger partial charge in [-0.1, -0.05) is 29.5 Å². The second-order valence-electron chi connectivity index (χ2n) is 4.79. The standard InChI is InChI=1S/C15H14N4OS/c1-9-5-3-4-6-12(9)19-8-11(13(20)7-10(19)2)14-17-18-15(16)21-14/h3-8H,1-2H3,(H2,16,18). The fourth-order valence-electron chi connectivity index (χ4n) is 2.23. The highest BCUT2D eigenvalue weighted by Crippen LogP contribution is 2.24. The van der Waals surface area contributed by atoms with Crippen LogP contribution in [0, 0.1) is 13.8 Å². The topological polar surface area (TPSA) is 73.8 Å². The van der Waals surface area contributed by atoms with E-state index in [0.29, 0.717) is 15.7 Å². The summed E-state index contributed by atoms with van der Waals surface area (Å²) in [5.41, 5.74) is 9.08. The summed E-state index contributed by atoms with van der Waals surface area (Å²) in [5, 5.41) is 8.63. The zero-order valence-electron chi connectivity index (χ0n) is 11.7. The minimum absolute atomic E-state index is 0.0755. The molecule has 0 aliphatic heterocycles. The number of rotatable bonds is 2. The molecule has 106 valence electrons. The van der Waals surface area contributed by atoms with E-state index in [4.69, 9.17) is 5.73 Å². The van der Waals surface area contributed by atoms with Crippen molar-refractivity contribution < 1.29 is 0 Å². The lowest BCUT2D eigenvalue weighted by molar-refractivity contribution is 0.962. The smallest absolute Gasteiger partial charge is 0.203 e. The molecule has 2 N–H and O–H groups in total. The molecule has 0 saturated carbocycles. The fraction of sp³-hybridized carbons (Fsp3) is 0.133. The number of nitrogens with two attached hydrogens (primary N) is 1. The van der Waals surface area contributed by atoms with Crippen molar-refractivity contribution in [1.82, 2.24) is 14.8 Å². The molecule has 0 unspecified atom stereocenters. The van der Waals surface area contributed by atoms with Gasteiger partial charge in [0, 0.05) is 23.6 Å². The van der Waals surface area contributed by atoms with Crippen molar-refractivity contribution >= 4 is 16.5 Å². The molecule has 0 aliphatic carbocycles. The first-order chi connectivity index (χ1) is 10.1. The molecule has 0 amide bonds. The summed E-state index contributed by atoms with van der Waals surface area (Å²) in [6.07, 6.45) is 1.81. The van der Waals surface area contributed by atoms with Crippen LogP contribution in [-0.2, 0) is 0 Å². The van der Waals surface area contributed by atoms with E-state index in [1.807, 2.05) is 42.7 Å². The largest absolute Gasteiger partial charge is 0.374 e. The molecule has 0 bridgehead atoms. The van der Waals surface area contributed by atoms with Gasteiger partial charge in [0.2, 0.25) is 5.13 Å². The fourth-order valence-corrected chi connectivity index (χ4v) is 2.85. The molecule has 0 fully saturated rings. The van der Waals surface area contributed by atoms with Gasteiger partial charge < -0.3 is 10.3 Å². The first-order valence-corrected chi connectivity index (χ1v) is 7.26. The van der Waals surface area contributed by atoms with Crippen LogP contribution in [0.5, 0.6) is 0 Å². The Morgan fingerprint density at radius 1 is 1.19 bits per heavy atom. The first-order valence-electron chi connectivity index (χ1n) is 6.45. The van der Waals surface area contributed by atoms with Gasteiger partial charge in [0.25, 0.3) is 0 Å². The van der Waals surface area contributed by atoms with Gasteiger partial charge in [-0.15, -0.1) is 10.2 Å². The van der Waals surface area contributed by atoms with Crippen molar-refractivity contribution in [3.63, 3.8) is 0 Å². The number of benzene rings is 1. The highest BCUT2D eigenvalue weighted by molar-refractivity contribution is 7.18. The minimum Gasteiger partial charge on any atom is -0.374 e. The predicted molar refractivity (Wildman–Crippen MR) is 84.8 cm³/mol. The summed E-state index contributed by atoms with van der Waals surface area (Å²) in [6.45, 7) is 3.95. The maximum atomic E-state index is 12.2. The van der Waals surface area contributed by atoms with Crippen LogP contribution in [0.4, 0.5) is 5.13 Å². The van der Waals surface area contributed by atoms with E-state index in [9.17, 15) is 4.79 Å². The zero-order chi connectivity index (χ0) is 15.0. The third-order valence-electron chi connectivity index (χ3n) is 3.29. The van der Waals surface area contributed by atoms with Crippen LogP contribution in [0.1, 0.15) is 11.3 Å². The number of aromatic nitrogens is 3. The van der Waals surface area contributed by atoms with Crippen molar-refractivity contribution in [2.24, 2.45) is 0 Å². The van der Waals surface area contributed by atoms with E-state index >= 15 is 0 Å². The molecule has 6 heteroatoms. The number of nitrogens with zero attached hydrogens (tertiary/aromatic N) is 3. The zero-order valence-corrected chi connectivity index (χ0v) is 12.5. The number of hydrogen-bond donors (Lipinski definition) is 1. The monoisotopic (exact) mass is 298 g/mol. The Morgan fingerprint density at radius 3 is 2.62 bits per heavy atom. The lowest BCUT2D eigenvalue weighted by Crippen LogP contribution is -2.12.